The molecule has 1 aliphatic heterocycles. The van der Waals surface area contributed by atoms with E-state index in [1.807, 2.05) is 61.2 Å². The van der Waals surface area contributed by atoms with Crippen LogP contribution in [0.3, 0.4) is 0 Å². The van der Waals surface area contributed by atoms with E-state index in [1.54, 1.807) is 0 Å². The van der Waals surface area contributed by atoms with Gasteiger partial charge in [0.25, 0.3) is 0 Å². The Hall–Kier alpha value is -2.24. The highest BCUT2D eigenvalue weighted by atomic mass is 35.5. The van der Waals surface area contributed by atoms with E-state index in [0.717, 1.165) is 29.3 Å². The zero-order valence-electron chi connectivity index (χ0n) is 15.0. The molecule has 138 valence electrons. The first-order valence-electron chi connectivity index (χ1n) is 8.72. The van der Waals surface area contributed by atoms with E-state index >= 15 is 0 Å². The number of ether oxygens (including phenoxy) is 2. The summed E-state index contributed by atoms with van der Waals surface area (Å²) in [6.45, 7) is 6.03. The monoisotopic (exact) mass is 374 g/mol. The van der Waals surface area contributed by atoms with Gasteiger partial charge in [-0.1, -0.05) is 36.7 Å². The van der Waals surface area contributed by atoms with Gasteiger partial charge in [0.2, 0.25) is 5.91 Å². The van der Waals surface area contributed by atoms with Gasteiger partial charge in [-0.15, -0.1) is 0 Å². The maximum atomic E-state index is 12.4. The number of halogens is 1. The molecular formula is C20H23ClN2O3. The van der Waals surface area contributed by atoms with Crippen molar-refractivity contribution < 1.29 is 14.3 Å². The van der Waals surface area contributed by atoms with E-state index in [1.165, 1.54) is 0 Å². The molecule has 0 radical (unpaired) electrons. The number of rotatable bonds is 6. The summed E-state index contributed by atoms with van der Waals surface area (Å²) in [6.07, 6.45) is -0.106. The highest BCUT2D eigenvalue weighted by Crippen LogP contribution is 2.31. The lowest BCUT2D eigenvalue weighted by molar-refractivity contribution is -0.117. The smallest absolute Gasteiger partial charge is 0.238 e. The van der Waals surface area contributed by atoms with Gasteiger partial charge in [-0.2, -0.15) is 0 Å². The Morgan fingerprint density at radius 2 is 2.00 bits per heavy atom. The molecule has 0 fully saturated rings. The van der Waals surface area contributed by atoms with E-state index in [4.69, 9.17) is 21.1 Å². The van der Waals surface area contributed by atoms with E-state index in [2.05, 4.69) is 5.32 Å². The van der Waals surface area contributed by atoms with Gasteiger partial charge in [0.05, 0.1) is 6.54 Å². The van der Waals surface area contributed by atoms with Crippen LogP contribution in [0.5, 0.6) is 11.5 Å². The molecule has 6 heteroatoms. The molecule has 0 saturated heterocycles. The summed E-state index contributed by atoms with van der Waals surface area (Å²) in [5.74, 6) is 1.44. The quantitative estimate of drug-likeness (QED) is 0.836. The molecule has 0 saturated carbocycles. The van der Waals surface area contributed by atoms with Gasteiger partial charge in [-0.25, -0.2) is 0 Å². The fourth-order valence-corrected chi connectivity index (χ4v) is 3.06. The Balaban J connectivity index is 1.56. The summed E-state index contributed by atoms with van der Waals surface area (Å²) in [7, 11) is 0. The molecule has 26 heavy (non-hydrogen) atoms. The van der Waals surface area contributed by atoms with Crippen LogP contribution < -0.4 is 14.8 Å². The maximum Gasteiger partial charge on any atom is 0.238 e. The summed E-state index contributed by atoms with van der Waals surface area (Å²) in [5, 5.41) is 3.57. The molecule has 1 aliphatic rings. The SMILES string of the molecule is CCN(CC(=O)Nc1cccc(Cl)c1C)CC1COc2ccccc2O1. The molecule has 1 heterocycles. The standard InChI is InChI=1S/C20H23ClN2O3/c1-3-23(11-15-13-25-18-9-4-5-10-19(18)26-15)12-20(24)22-17-8-6-7-16(21)14(17)2/h4-10,15H,3,11-13H2,1-2H3,(H,22,24). The predicted octanol–water partition coefficient (Wildman–Crippen LogP) is 3.75. The number of nitrogens with zero attached hydrogens (tertiary/aromatic N) is 1. The van der Waals surface area contributed by atoms with Gasteiger partial charge in [0.1, 0.15) is 12.7 Å². The predicted molar refractivity (Wildman–Crippen MR) is 103 cm³/mol. The van der Waals surface area contributed by atoms with Crippen LogP contribution in [0.15, 0.2) is 42.5 Å². The Bertz CT molecular complexity index is 781. The fourth-order valence-electron chi connectivity index (χ4n) is 2.88. The minimum atomic E-state index is -0.106. The summed E-state index contributed by atoms with van der Waals surface area (Å²) in [4.78, 5) is 14.5. The van der Waals surface area contributed by atoms with Gasteiger partial charge >= 0.3 is 0 Å². The number of carbonyl (C=O) groups excluding carboxylic acids is 1. The van der Waals surface area contributed by atoms with Crippen molar-refractivity contribution >= 4 is 23.2 Å². The summed E-state index contributed by atoms with van der Waals surface area (Å²) in [5.41, 5.74) is 1.61. The van der Waals surface area contributed by atoms with Crippen LogP contribution in [0.25, 0.3) is 0 Å². The minimum Gasteiger partial charge on any atom is -0.486 e. The van der Waals surface area contributed by atoms with E-state index in [0.29, 0.717) is 18.2 Å². The average Bonchev–Trinajstić information content (AvgIpc) is 2.65. The number of amides is 1. The lowest BCUT2D eigenvalue weighted by atomic mass is 10.2. The third-order valence-corrected chi connectivity index (χ3v) is 4.80. The van der Waals surface area contributed by atoms with Crippen LogP contribution in [0.1, 0.15) is 12.5 Å². The zero-order valence-corrected chi connectivity index (χ0v) is 15.8. The van der Waals surface area contributed by atoms with Crippen molar-refractivity contribution in [1.82, 2.24) is 4.90 Å². The van der Waals surface area contributed by atoms with Gasteiger partial charge in [-0.05, 0) is 43.3 Å². The molecule has 0 aromatic heterocycles. The van der Waals surface area contributed by atoms with Crippen LogP contribution in [-0.2, 0) is 4.79 Å². The first-order valence-corrected chi connectivity index (χ1v) is 9.10. The maximum absolute atomic E-state index is 12.4. The van der Waals surface area contributed by atoms with E-state index < -0.39 is 0 Å². The Kier molecular flexibility index (Phi) is 6.01. The fraction of sp³-hybridized carbons (Fsp3) is 0.350. The molecular weight excluding hydrogens is 352 g/mol. The molecule has 1 amide bonds. The molecule has 1 N–H and O–H groups in total. The third-order valence-electron chi connectivity index (χ3n) is 4.39. The van der Waals surface area contributed by atoms with Gasteiger partial charge < -0.3 is 14.8 Å². The number of anilines is 1. The topological polar surface area (TPSA) is 50.8 Å². The number of benzene rings is 2. The van der Waals surface area contributed by atoms with E-state index in [-0.39, 0.29) is 18.6 Å². The molecule has 1 unspecified atom stereocenters. The second kappa shape index (κ2) is 8.43. The average molecular weight is 375 g/mol. The van der Waals surface area contributed by atoms with Crippen LogP contribution in [0.4, 0.5) is 5.69 Å². The summed E-state index contributed by atoms with van der Waals surface area (Å²) in [6, 6.07) is 13.1. The lowest BCUT2D eigenvalue weighted by Crippen LogP contribution is -2.43. The number of para-hydroxylation sites is 2. The molecule has 0 bridgehead atoms. The number of hydrogen-bond acceptors (Lipinski definition) is 4. The van der Waals surface area contributed by atoms with Gasteiger partial charge in [0, 0.05) is 17.3 Å². The van der Waals surface area contributed by atoms with Crippen molar-refractivity contribution in [1.29, 1.82) is 0 Å². The second-order valence-electron chi connectivity index (χ2n) is 6.29. The molecule has 0 aliphatic carbocycles. The van der Waals surface area contributed by atoms with Crippen molar-refractivity contribution in [3.8, 4) is 11.5 Å². The number of hydrogen-bond donors (Lipinski definition) is 1. The van der Waals surface area contributed by atoms with Crippen LogP contribution >= 0.6 is 11.6 Å². The Morgan fingerprint density at radius 3 is 2.77 bits per heavy atom. The number of nitrogens with one attached hydrogen (secondary N) is 1. The molecule has 3 rings (SSSR count). The van der Waals surface area contributed by atoms with Crippen molar-refractivity contribution in [2.24, 2.45) is 0 Å². The highest BCUT2D eigenvalue weighted by Gasteiger charge is 2.23. The molecule has 2 aromatic carbocycles. The number of likely N-dealkylation sites (N-methyl/N-ethyl adjacent to an activating group) is 1. The minimum absolute atomic E-state index is 0.0747. The molecule has 1 atom stereocenters. The first kappa shape index (κ1) is 18.5. The third kappa shape index (κ3) is 4.48. The highest BCUT2D eigenvalue weighted by molar-refractivity contribution is 6.31. The van der Waals surface area contributed by atoms with Gasteiger partial charge in [0.15, 0.2) is 11.5 Å². The normalized spacial score (nSPS) is 15.8. The van der Waals surface area contributed by atoms with Crippen molar-refractivity contribution in [3.05, 3.63) is 53.1 Å². The van der Waals surface area contributed by atoms with E-state index in [9.17, 15) is 4.79 Å². The first-order chi connectivity index (χ1) is 12.6. The molecule has 5 nitrogen and oxygen atoms in total. The van der Waals surface area contributed by atoms with Crippen LogP contribution in [0, 0.1) is 6.92 Å². The number of carbonyl (C=O) groups is 1. The Labute approximate surface area is 158 Å². The Morgan fingerprint density at radius 1 is 1.23 bits per heavy atom. The summed E-state index contributed by atoms with van der Waals surface area (Å²) < 4.78 is 11.7. The molecule has 2 aromatic rings. The lowest BCUT2D eigenvalue weighted by Gasteiger charge is -2.30. The summed E-state index contributed by atoms with van der Waals surface area (Å²) >= 11 is 6.11. The largest absolute Gasteiger partial charge is 0.486 e. The van der Waals surface area contributed by atoms with Gasteiger partial charge in [-0.3, -0.25) is 9.69 Å². The van der Waals surface area contributed by atoms with Crippen LogP contribution in [0.2, 0.25) is 5.02 Å². The van der Waals surface area contributed by atoms with Crippen molar-refractivity contribution in [3.63, 3.8) is 0 Å². The second-order valence-corrected chi connectivity index (χ2v) is 6.69. The molecule has 0 spiro atoms. The van der Waals surface area contributed by atoms with Crippen molar-refractivity contribution in [2.75, 3.05) is 31.6 Å². The zero-order chi connectivity index (χ0) is 18.5. The van der Waals surface area contributed by atoms with Crippen LogP contribution in [-0.4, -0.2) is 43.2 Å². The number of fused-ring (bicyclic) bond motifs is 1. The van der Waals surface area contributed by atoms with Crippen molar-refractivity contribution in [2.45, 2.75) is 20.0 Å².